The van der Waals surface area contributed by atoms with Crippen LogP contribution in [0.1, 0.15) is 97.8 Å². The lowest BCUT2D eigenvalue weighted by atomic mass is 9.94. The van der Waals surface area contributed by atoms with Crippen LogP contribution in [0.2, 0.25) is 0 Å². The van der Waals surface area contributed by atoms with Crippen LogP contribution in [0, 0.1) is 12.3 Å². The van der Waals surface area contributed by atoms with Crippen LogP contribution in [0.5, 0.6) is 0 Å². The first-order valence-electron chi connectivity index (χ1n) is 8.18. The normalized spacial score (nSPS) is 12.9. The second-order valence-corrected chi connectivity index (χ2v) is 5.46. The second-order valence-electron chi connectivity index (χ2n) is 5.46. The van der Waals surface area contributed by atoms with E-state index < -0.39 is 0 Å². The molecule has 0 aromatic rings. The van der Waals surface area contributed by atoms with E-state index in [2.05, 4.69) is 27.2 Å². The zero-order valence-electron chi connectivity index (χ0n) is 12.6. The summed E-state index contributed by atoms with van der Waals surface area (Å²) in [5.74, 6) is 0.893. The lowest BCUT2D eigenvalue weighted by Gasteiger charge is -2.12. The van der Waals surface area contributed by atoms with E-state index in [1.807, 2.05) is 0 Å². The molecule has 0 nitrogen and oxygen atoms in total. The standard InChI is InChI=1S/C17H35/c1-4-7-8-9-10-11-12-13-14-16-17(6-3)15-5-2/h16-17H,4-15H2,1-3H3. The van der Waals surface area contributed by atoms with Crippen molar-refractivity contribution in [3.8, 4) is 0 Å². The molecule has 0 N–H and O–H groups in total. The van der Waals surface area contributed by atoms with Gasteiger partial charge in [-0.05, 0) is 18.8 Å². The molecule has 0 saturated carbocycles. The third kappa shape index (κ3) is 12.2. The number of unbranched alkanes of at least 4 members (excludes halogenated alkanes) is 8. The average Bonchev–Trinajstić information content (AvgIpc) is 2.35. The molecule has 0 aromatic heterocycles. The van der Waals surface area contributed by atoms with Crippen molar-refractivity contribution in [3.63, 3.8) is 0 Å². The predicted octanol–water partition coefficient (Wildman–Crippen LogP) is 6.55. The fourth-order valence-corrected chi connectivity index (χ4v) is 2.49. The first-order valence-corrected chi connectivity index (χ1v) is 8.18. The molecule has 17 heavy (non-hydrogen) atoms. The van der Waals surface area contributed by atoms with Gasteiger partial charge < -0.3 is 0 Å². The molecule has 103 valence electrons. The van der Waals surface area contributed by atoms with Gasteiger partial charge in [-0.2, -0.15) is 0 Å². The minimum Gasteiger partial charge on any atom is -0.0654 e. The molecule has 1 atom stereocenters. The van der Waals surface area contributed by atoms with Crippen molar-refractivity contribution in [1.29, 1.82) is 0 Å². The number of hydrogen-bond acceptors (Lipinski definition) is 0. The largest absolute Gasteiger partial charge is 0.0654 e. The molecule has 0 saturated heterocycles. The summed E-state index contributed by atoms with van der Waals surface area (Å²) in [5, 5.41) is 0. The lowest BCUT2D eigenvalue weighted by Crippen LogP contribution is -1.99. The van der Waals surface area contributed by atoms with Crippen molar-refractivity contribution in [2.24, 2.45) is 5.92 Å². The highest BCUT2D eigenvalue weighted by atomic mass is 14.1. The molecule has 0 spiro atoms. The van der Waals surface area contributed by atoms with Crippen LogP contribution >= 0.6 is 0 Å². The monoisotopic (exact) mass is 239 g/mol. The molecule has 0 aromatic carbocycles. The summed E-state index contributed by atoms with van der Waals surface area (Å²) in [7, 11) is 0. The Morgan fingerprint density at radius 1 is 0.706 bits per heavy atom. The van der Waals surface area contributed by atoms with Gasteiger partial charge >= 0.3 is 0 Å². The summed E-state index contributed by atoms with van der Waals surface area (Å²) in [5.41, 5.74) is 0. The smallest absolute Gasteiger partial charge is 0.0355 e. The van der Waals surface area contributed by atoms with E-state index in [1.165, 1.54) is 77.0 Å². The Bertz CT molecular complexity index is 128. The van der Waals surface area contributed by atoms with E-state index >= 15 is 0 Å². The minimum absolute atomic E-state index is 0.893. The van der Waals surface area contributed by atoms with Crippen LogP contribution in [-0.2, 0) is 0 Å². The van der Waals surface area contributed by atoms with E-state index in [4.69, 9.17) is 0 Å². The summed E-state index contributed by atoms with van der Waals surface area (Å²) in [6, 6.07) is 0. The molecule has 0 rings (SSSR count). The third-order valence-electron chi connectivity index (χ3n) is 3.74. The van der Waals surface area contributed by atoms with Crippen molar-refractivity contribution in [1.82, 2.24) is 0 Å². The molecule has 0 aliphatic carbocycles. The van der Waals surface area contributed by atoms with Crippen molar-refractivity contribution in [2.75, 3.05) is 0 Å². The van der Waals surface area contributed by atoms with E-state index in [-0.39, 0.29) is 0 Å². The first kappa shape index (κ1) is 17.0. The van der Waals surface area contributed by atoms with Gasteiger partial charge in [-0.3, -0.25) is 0 Å². The van der Waals surface area contributed by atoms with Gasteiger partial charge in [0.2, 0.25) is 0 Å². The van der Waals surface area contributed by atoms with Crippen LogP contribution in [0.4, 0.5) is 0 Å². The summed E-state index contributed by atoms with van der Waals surface area (Å²) in [6.07, 6.45) is 19.5. The minimum atomic E-state index is 0.893. The summed E-state index contributed by atoms with van der Waals surface area (Å²) in [6.45, 7) is 6.91. The zero-order valence-corrected chi connectivity index (χ0v) is 12.6. The van der Waals surface area contributed by atoms with Crippen molar-refractivity contribution in [2.45, 2.75) is 97.8 Å². The number of rotatable bonds is 13. The van der Waals surface area contributed by atoms with Gasteiger partial charge in [-0.15, -0.1) is 0 Å². The third-order valence-corrected chi connectivity index (χ3v) is 3.74. The summed E-state index contributed by atoms with van der Waals surface area (Å²) in [4.78, 5) is 0. The Hall–Kier alpha value is 0. The van der Waals surface area contributed by atoms with Crippen molar-refractivity contribution >= 4 is 0 Å². The molecular weight excluding hydrogens is 204 g/mol. The molecule has 1 unspecified atom stereocenters. The molecule has 0 bridgehead atoms. The zero-order chi connectivity index (χ0) is 12.8. The lowest BCUT2D eigenvalue weighted by molar-refractivity contribution is 0.495. The first-order chi connectivity index (χ1) is 8.35. The van der Waals surface area contributed by atoms with Gasteiger partial charge in [0.1, 0.15) is 0 Å². The highest BCUT2D eigenvalue weighted by Gasteiger charge is 2.04. The fourth-order valence-electron chi connectivity index (χ4n) is 2.49. The van der Waals surface area contributed by atoms with Crippen LogP contribution < -0.4 is 0 Å². The maximum absolute atomic E-state index is 2.58. The highest BCUT2D eigenvalue weighted by Crippen LogP contribution is 2.18. The Morgan fingerprint density at radius 2 is 1.29 bits per heavy atom. The van der Waals surface area contributed by atoms with Gasteiger partial charge in [0, 0.05) is 0 Å². The maximum atomic E-state index is 2.58. The van der Waals surface area contributed by atoms with Crippen molar-refractivity contribution < 1.29 is 0 Å². The van der Waals surface area contributed by atoms with Gasteiger partial charge in [0.05, 0.1) is 0 Å². The van der Waals surface area contributed by atoms with Crippen LogP contribution in [0.25, 0.3) is 0 Å². The topological polar surface area (TPSA) is 0 Å². The summed E-state index contributed by atoms with van der Waals surface area (Å²) >= 11 is 0. The van der Waals surface area contributed by atoms with Gasteiger partial charge in [-0.25, -0.2) is 0 Å². The number of hydrogen-bond donors (Lipinski definition) is 0. The predicted molar refractivity (Wildman–Crippen MR) is 80.2 cm³/mol. The molecule has 0 fully saturated rings. The fraction of sp³-hybridized carbons (Fsp3) is 0.941. The molecule has 0 heterocycles. The highest BCUT2D eigenvalue weighted by molar-refractivity contribution is 4.74. The average molecular weight is 239 g/mol. The van der Waals surface area contributed by atoms with Gasteiger partial charge in [0.25, 0.3) is 0 Å². The van der Waals surface area contributed by atoms with Gasteiger partial charge in [-0.1, -0.05) is 91.4 Å². The van der Waals surface area contributed by atoms with Crippen molar-refractivity contribution in [3.05, 3.63) is 6.42 Å². The molecule has 0 aliphatic heterocycles. The molecule has 0 aliphatic rings. The van der Waals surface area contributed by atoms with Gasteiger partial charge in [0.15, 0.2) is 0 Å². The second kappa shape index (κ2) is 14.1. The van der Waals surface area contributed by atoms with E-state index in [0.29, 0.717) is 0 Å². The Kier molecular flexibility index (Phi) is 14.1. The molecular formula is C17H35. The molecule has 1 radical (unpaired) electrons. The quantitative estimate of drug-likeness (QED) is 0.320. The molecule has 0 heteroatoms. The van der Waals surface area contributed by atoms with E-state index in [9.17, 15) is 0 Å². The Labute approximate surface area is 111 Å². The van der Waals surface area contributed by atoms with Crippen LogP contribution in [0.15, 0.2) is 0 Å². The van der Waals surface area contributed by atoms with E-state index in [1.54, 1.807) is 0 Å². The van der Waals surface area contributed by atoms with Crippen LogP contribution in [0.3, 0.4) is 0 Å². The van der Waals surface area contributed by atoms with E-state index in [0.717, 1.165) is 5.92 Å². The SMILES string of the molecule is CCCCCCCCCC[CH]C(CC)CCC. The Balaban J connectivity index is 3.11. The maximum Gasteiger partial charge on any atom is -0.0355 e. The Morgan fingerprint density at radius 3 is 1.82 bits per heavy atom. The van der Waals surface area contributed by atoms with Crippen LogP contribution in [-0.4, -0.2) is 0 Å². The summed E-state index contributed by atoms with van der Waals surface area (Å²) < 4.78 is 0. The molecule has 0 amide bonds.